The van der Waals surface area contributed by atoms with E-state index in [1.807, 2.05) is 224 Å². The molecule has 26 heteroatoms. The summed E-state index contributed by atoms with van der Waals surface area (Å²) in [4.78, 5) is 44.2. The molecule has 0 radical (unpaired) electrons. The molecule has 0 unspecified atom stereocenters. The first-order chi connectivity index (χ1) is 50.7. The van der Waals surface area contributed by atoms with E-state index < -0.39 is 29.7 Å². The predicted octanol–water partition coefficient (Wildman–Crippen LogP) is 21.4. The third-order valence-corrected chi connectivity index (χ3v) is 15.7. The van der Waals surface area contributed by atoms with Gasteiger partial charge < -0.3 is 49.2 Å². The molecule has 6 heterocycles. The summed E-state index contributed by atoms with van der Waals surface area (Å²) in [5.74, 6) is 1.85. The molecule has 106 heavy (non-hydrogen) atoms. The number of aromatic nitrogens is 6. The number of nitrogens with one attached hydrogen (secondary N) is 2. The number of ether oxygens (including phenoxy) is 4. The number of nitrogens with zero attached hydrogens (tertiary/aromatic N) is 6. The maximum atomic E-state index is 11.3. The van der Waals surface area contributed by atoms with Gasteiger partial charge in [-0.1, -0.05) is 227 Å². The molecule has 6 aromatic heterocycles. The van der Waals surface area contributed by atoms with Crippen molar-refractivity contribution in [2.24, 2.45) is 0 Å². The second-order valence-corrected chi connectivity index (χ2v) is 22.4. The van der Waals surface area contributed by atoms with Crippen LogP contribution in [0.25, 0.3) is 44.8 Å². The minimum atomic E-state index is -1.34. The average Bonchev–Trinajstić information content (AvgIpc) is 0.842. The maximum absolute atomic E-state index is 11.3. The van der Waals surface area contributed by atoms with E-state index in [1.54, 1.807) is 83.2 Å². The number of pyridine rings is 6. The Bertz CT molecular complexity index is 4420. The zero-order valence-electron chi connectivity index (χ0n) is 62.6. The first-order valence-electron chi connectivity index (χ1n) is 32.9. The fourth-order valence-corrected chi connectivity index (χ4v) is 10.00. The van der Waals surface area contributed by atoms with Gasteiger partial charge in [0.2, 0.25) is 23.5 Å². The third-order valence-electron chi connectivity index (χ3n) is 12.7. The largest absolute Gasteiger partial charge is 0.503 e. The molecule has 0 atom stereocenters. The molecule has 5 aromatic carbocycles. The van der Waals surface area contributed by atoms with E-state index in [-0.39, 0.29) is 31.7 Å². The number of aromatic hydroxyl groups is 2. The van der Waals surface area contributed by atoms with Crippen molar-refractivity contribution < 1.29 is 59.6 Å². The Kier molecular flexibility index (Phi) is 58.7. The van der Waals surface area contributed by atoms with Gasteiger partial charge in [-0.25, -0.2) is 19.9 Å². The number of nitriles is 2. The standard InChI is InChI=1S/2C13H12BrNO.2C12H8N2O2.C7H7Br2NO.C7H9NO.C6H7BO2.5C2H6.Br2.Pd/c1-9-8-11(14)12(15-13(9)16-2)10-6-4-3-5-7-10;1-9-8-11(10-6-4-3-5-7-10)12(14)15-13(9)16-2;13-7-10-9(6-11(15)12(16)14-10)8-4-2-1-3-5-8;13-7-9-6-10(15)12(16)14-11(9)8-4-2-1-3-5-8;1-4-3-5(8)6(9)10-7(4)11-2;1-6-4-3-5-8-7(6)9-2;8-7(9)6-4-2-1-3-5-6;6*1-2;/h2*3-8H,1-2H3;2*1-6,15H,(H,14,16);3H,1-2H3;3-5H,1-2H3;1-5,8-9H;5*1-2H3;;. The van der Waals surface area contributed by atoms with Crippen molar-refractivity contribution in [1.29, 1.82) is 10.5 Å². The molecule has 0 aliphatic carbocycles. The van der Waals surface area contributed by atoms with Crippen LogP contribution >= 0.6 is 92.0 Å². The molecular formula is C80H93BBr6N8O10Pd. The number of rotatable bonds is 9. The zero-order chi connectivity index (χ0) is 80.0. The van der Waals surface area contributed by atoms with Gasteiger partial charge in [0.1, 0.15) is 27.0 Å². The Hall–Kier alpha value is -8.09. The van der Waals surface area contributed by atoms with Crippen LogP contribution in [0.15, 0.2) is 228 Å². The molecule has 0 aliphatic rings. The summed E-state index contributed by atoms with van der Waals surface area (Å²) in [5, 5.41) is 53.5. The smallest absolute Gasteiger partial charge is 0.488 e. The van der Waals surface area contributed by atoms with Gasteiger partial charge in [-0.05, 0) is 144 Å². The molecular weight excluding hydrogens is 1830 g/mol. The summed E-state index contributed by atoms with van der Waals surface area (Å²) in [5.41, 5.74) is 10.4. The molecule has 0 bridgehead atoms. The maximum Gasteiger partial charge on any atom is 0.488 e. The molecule has 0 aliphatic heterocycles. The van der Waals surface area contributed by atoms with Gasteiger partial charge in [0.05, 0.1) is 49.9 Å². The van der Waals surface area contributed by atoms with Crippen LogP contribution in [0.1, 0.15) is 103 Å². The Morgan fingerprint density at radius 3 is 1.21 bits per heavy atom. The van der Waals surface area contributed by atoms with Gasteiger partial charge in [-0.15, -0.1) is 0 Å². The van der Waals surface area contributed by atoms with Crippen LogP contribution in [-0.2, 0) is 20.4 Å². The summed E-state index contributed by atoms with van der Waals surface area (Å²) < 4.78 is 23.9. The predicted molar refractivity (Wildman–Crippen MR) is 452 cm³/mol. The second-order valence-electron chi connectivity index (χ2n) is 19.2. The molecule has 0 spiro atoms. The van der Waals surface area contributed by atoms with Crippen molar-refractivity contribution in [2.75, 3.05) is 28.4 Å². The molecule has 11 rings (SSSR count). The van der Waals surface area contributed by atoms with E-state index in [0.29, 0.717) is 40.2 Å². The quantitative estimate of drug-likeness (QED) is 0.0578. The van der Waals surface area contributed by atoms with Crippen molar-refractivity contribution in [3.8, 4) is 91.9 Å². The zero-order valence-corrected chi connectivity index (χ0v) is 73.7. The fraction of sp³-hybridized carbons (Fsp3) is 0.225. The molecule has 568 valence electrons. The number of H-pyrrole nitrogens is 2. The Morgan fingerprint density at radius 2 is 0.802 bits per heavy atom. The Morgan fingerprint density at radius 1 is 0.425 bits per heavy atom. The van der Waals surface area contributed by atoms with E-state index in [2.05, 4.69) is 140 Å². The SMILES string of the molecule is BrBr.CC.CC.CC.CC.CC.COc1nc(-c2ccccc2)c(Br)cc1C.COc1nc(Br)c(-c2ccccc2)cc1C.COc1nc(Br)c(Br)cc1C.COc1ncccc1C.N#Cc1[nH]c(=O)c(O)cc1-c1ccccc1.N#Cc1cc(O)c(=O)[nH]c1-c1ccccc1.OB(O)c1ccccc1.[Pd]. The van der Waals surface area contributed by atoms with Crippen molar-refractivity contribution in [3.63, 3.8) is 0 Å². The van der Waals surface area contributed by atoms with Gasteiger partial charge in [-0.2, -0.15) is 10.5 Å². The monoisotopic (exact) mass is 1920 g/mol. The Balaban J connectivity index is -0.00000115. The van der Waals surface area contributed by atoms with Crippen molar-refractivity contribution >= 4 is 105 Å². The fourth-order valence-electron chi connectivity index (χ4n) is 8.12. The summed E-state index contributed by atoms with van der Waals surface area (Å²) in [7, 11) is 5.15. The molecule has 18 nitrogen and oxygen atoms in total. The van der Waals surface area contributed by atoms with E-state index in [1.165, 1.54) is 12.1 Å². The molecule has 0 saturated carbocycles. The third kappa shape index (κ3) is 36.0. The summed E-state index contributed by atoms with van der Waals surface area (Å²) in [6.07, 6.45) is 1.71. The van der Waals surface area contributed by atoms with Gasteiger partial charge in [0.15, 0.2) is 11.5 Å². The van der Waals surface area contributed by atoms with Crippen molar-refractivity contribution in [3.05, 3.63) is 273 Å². The number of aryl methyl sites for hydroxylation is 4. The van der Waals surface area contributed by atoms with Crippen LogP contribution in [0.4, 0.5) is 0 Å². The number of hydrogen-bond donors (Lipinski definition) is 6. The van der Waals surface area contributed by atoms with Crippen LogP contribution in [0.2, 0.25) is 0 Å². The van der Waals surface area contributed by atoms with Crippen LogP contribution in [0.3, 0.4) is 0 Å². The Labute approximate surface area is 688 Å². The van der Waals surface area contributed by atoms with Crippen molar-refractivity contribution in [2.45, 2.75) is 96.9 Å². The van der Waals surface area contributed by atoms with Crippen LogP contribution in [-0.4, -0.2) is 85.7 Å². The van der Waals surface area contributed by atoms with E-state index in [4.69, 9.17) is 39.5 Å². The van der Waals surface area contributed by atoms with Gasteiger partial charge >= 0.3 is 7.12 Å². The van der Waals surface area contributed by atoms with Crippen molar-refractivity contribution in [1.82, 2.24) is 29.9 Å². The number of benzene rings is 5. The normalized spacial score (nSPS) is 8.91. The van der Waals surface area contributed by atoms with Crippen LogP contribution in [0.5, 0.6) is 35.0 Å². The molecule has 0 saturated heterocycles. The molecule has 0 amide bonds. The minimum absolute atomic E-state index is 0. The first kappa shape index (κ1) is 102. The topological polar surface area (TPSA) is 283 Å². The molecule has 0 fully saturated rings. The molecule has 11 aromatic rings. The van der Waals surface area contributed by atoms with Gasteiger partial charge in [-0.3, -0.25) is 9.59 Å². The van der Waals surface area contributed by atoms with E-state index in [0.717, 1.165) is 73.9 Å². The first-order valence-corrected chi connectivity index (χ1v) is 39.8. The van der Waals surface area contributed by atoms with E-state index >= 15 is 0 Å². The number of hydrogen-bond acceptors (Lipinski definition) is 16. The summed E-state index contributed by atoms with van der Waals surface area (Å²) in [6.45, 7) is 27.9. The van der Waals surface area contributed by atoms with E-state index in [9.17, 15) is 19.8 Å². The minimum Gasteiger partial charge on any atom is -0.503 e. The average molecular weight is 1920 g/mol. The van der Waals surface area contributed by atoms with Crippen LogP contribution < -0.4 is 35.5 Å². The second kappa shape index (κ2) is 61.0. The number of methoxy groups -OCH3 is 4. The van der Waals surface area contributed by atoms with Crippen LogP contribution in [0, 0.1) is 50.4 Å². The number of aromatic amines is 2. The number of halogens is 6. The van der Waals surface area contributed by atoms with Gasteiger partial charge in [0, 0.05) is 104 Å². The van der Waals surface area contributed by atoms with Gasteiger partial charge in [0.25, 0.3) is 11.1 Å². The molecule has 6 N–H and O–H groups in total. The summed E-state index contributed by atoms with van der Waals surface area (Å²) in [6, 6.07) is 63.2. The summed E-state index contributed by atoms with van der Waals surface area (Å²) >= 11 is 19.1.